The number of rotatable bonds is 1. The second-order valence-corrected chi connectivity index (χ2v) is 5.35. The maximum Gasteiger partial charge on any atom is 0.0738 e. The van der Waals surface area contributed by atoms with Gasteiger partial charge in [0.15, 0.2) is 0 Å². The van der Waals surface area contributed by atoms with Crippen molar-refractivity contribution in [2.45, 2.75) is 33.2 Å². The van der Waals surface area contributed by atoms with E-state index in [1.165, 1.54) is 0 Å². The van der Waals surface area contributed by atoms with E-state index < -0.39 is 0 Å². The summed E-state index contributed by atoms with van der Waals surface area (Å²) in [6, 6.07) is 7.92. The number of hydrogen-bond acceptors (Lipinski definition) is 2. The fraction of sp³-hybridized carbons (Fsp3) is 0.357. The first kappa shape index (κ1) is 11.7. The van der Waals surface area contributed by atoms with Crippen molar-refractivity contribution in [2.24, 2.45) is 0 Å². The lowest BCUT2D eigenvalue weighted by Crippen LogP contribution is -2.24. The molecule has 2 aromatic rings. The zero-order valence-electron chi connectivity index (χ0n) is 10.9. The van der Waals surface area contributed by atoms with Gasteiger partial charge in [-0.15, -0.1) is 0 Å². The average Bonchev–Trinajstić information content (AvgIpc) is 2.60. The lowest BCUT2D eigenvalue weighted by Gasteiger charge is -2.23. The highest BCUT2D eigenvalue weighted by Gasteiger charge is 2.21. The van der Waals surface area contributed by atoms with Crippen molar-refractivity contribution in [1.82, 2.24) is 9.78 Å². The first-order chi connectivity index (χ1) is 7.91. The summed E-state index contributed by atoms with van der Waals surface area (Å²) < 4.78 is 2.04. The van der Waals surface area contributed by atoms with Gasteiger partial charge in [0, 0.05) is 11.3 Å². The number of aryl methyl sites for hydroxylation is 1. The fourth-order valence-corrected chi connectivity index (χ4v) is 1.98. The third-order valence-corrected chi connectivity index (χ3v) is 2.80. The molecule has 2 rings (SSSR count). The van der Waals surface area contributed by atoms with Crippen LogP contribution in [0.2, 0.25) is 0 Å². The Hall–Kier alpha value is -1.77. The molecule has 17 heavy (non-hydrogen) atoms. The van der Waals surface area contributed by atoms with Gasteiger partial charge in [-0.3, -0.25) is 4.68 Å². The molecular formula is C14H19N3. The van der Waals surface area contributed by atoms with Crippen LogP contribution in [0.25, 0.3) is 11.3 Å². The molecule has 0 fully saturated rings. The SMILES string of the molecule is Cc1cnn(C(C)(C)C)c1-c1ccccc1N. The zero-order chi connectivity index (χ0) is 12.6. The Morgan fingerprint density at radius 2 is 1.82 bits per heavy atom. The van der Waals surface area contributed by atoms with Crippen LogP contribution >= 0.6 is 0 Å². The van der Waals surface area contributed by atoms with Crippen LogP contribution < -0.4 is 5.73 Å². The Morgan fingerprint density at radius 3 is 2.41 bits per heavy atom. The lowest BCUT2D eigenvalue weighted by molar-refractivity contribution is 0.360. The van der Waals surface area contributed by atoms with E-state index in [1.54, 1.807) is 0 Å². The Balaban J connectivity index is 2.68. The van der Waals surface area contributed by atoms with Crippen molar-refractivity contribution in [2.75, 3.05) is 5.73 Å². The summed E-state index contributed by atoms with van der Waals surface area (Å²) in [5, 5.41) is 4.47. The molecule has 1 aromatic heterocycles. The monoisotopic (exact) mass is 229 g/mol. The predicted molar refractivity (Wildman–Crippen MR) is 71.8 cm³/mol. The molecule has 1 heterocycles. The van der Waals surface area contributed by atoms with Crippen LogP contribution in [0.3, 0.4) is 0 Å². The van der Waals surface area contributed by atoms with Crippen LogP contribution in [-0.2, 0) is 5.54 Å². The third kappa shape index (κ3) is 2.05. The van der Waals surface area contributed by atoms with Crippen LogP contribution in [0.5, 0.6) is 0 Å². The molecule has 0 aliphatic carbocycles. The van der Waals surface area contributed by atoms with Crippen LogP contribution in [-0.4, -0.2) is 9.78 Å². The Kier molecular flexibility index (Phi) is 2.69. The van der Waals surface area contributed by atoms with Crippen molar-refractivity contribution >= 4 is 5.69 Å². The highest BCUT2D eigenvalue weighted by molar-refractivity contribution is 5.75. The predicted octanol–water partition coefficient (Wildman–Crippen LogP) is 3.20. The van der Waals surface area contributed by atoms with E-state index in [4.69, 9.17) is 5.73 Å². The van der Waals surface area contributed by atoms with Gasteiger partial charge < -0.3 is 5.73 Å². The minimum atomic E-state index is -0.0497. The molecule has 2 N–H and O–H groups in total. The highest BCUT2D eigenvalue weighted by atomic mass is 15.3. The van der Waals surface area contributed by atoms with Gasteiger partial charge in [0.05, 0.1) is 17.4 Å². The van der Waals surface area contributed by atoms with Crippen LogP contribution in [0.4, 0.5) is 5.69 Å². The highest BCUT2D eigenvalue weighted by Crippen LogP contribution is 2.31. The van der Waals surface area contributed by atoms with Gasteiger partial charge in [-0.05, 0) is 39.3 Å². The molecule has 0 aliphatic heterocycles. The molecule has 0 atom stereocenters. The molecule has 0 saturated carbocycles. The van der Waals surface area contributed by atoms with Crippen molar-refractivity contribution in [1.29, 1.82) is 0 Å². The van der Waals surface area contributed by atoms with Gasteiger partial charge in [0.25, 0.3) is 0 Å². The van der Waals surface area contributed by atoms with Crippen molar-refractivity contribution in [3.8, 4) is 11.3 Å². The van der Waals surface area contributed by atoms with Crippen LogP contribution in [0.15, 0.2) is 30.5 Å². The number of benzene rings is 1. The minimum Gasteiger partial charge on any atom is -0.398 e. The largest absolute Gasteiger partial charge is 0.398 e. The van der Waals surface area contributed by atoms with E-state index in [2.05, 4.69) is 32.8 Å². The standard InChI is InChI=1S/C14H19N3/c1-10-9-16-17(14(2,3)4)13(10)11-7-5-6-8-12(11)15/h5-9H,15H2,1-4H3. The van der Waals surface area contributed by atoms with Crippen LogP contribution in [0.1, 0.15) is 26.3 Å². The maximum absolute atomic E-state index is 6.05. The number of aromatic nitrogens is 2. The Morgan fingerprint density at radius 1 is 1.18 bits per heavy atom. The zero-order valence-corrected chi connectivity index (χ0v) is 10.9. The first-order valence-corrected chi connectivity index (χ1v) is 5.81. The van der Waals surface area contributed by atoms with Crippen molar-refractivity contribution in [3.63, 3.8) is 0 Å². The summed E-state index contributed by atoms with van der Waals surface area (Å²) in [5.41, 5.74) is 10.1. The topological polar surface area (TPSA) is 43.8 Å². The van der Waals surface area contributed by atoms with Gasteiger partial charge in [-0.1, -0.05) is 18.2 Å². The normalized spacial score (nSPS) is 11.8. The second kappa shape index (κ2) is 3.91. The number of anilines is 1. The second-order valence-electron chi connectivity index (χ2n) is 5.35. The quantitative estimate of drug-likeness (QED) is 0.763. The molecule has 0 unspecified atom stereocenters. The molecule has 0 radical (unpaired) electrons. The number of nitrogens with two attached hydrogens (primary N) is 1. The summed E-state index contributed by atoms with van der Waals surface area (Å²) in [5.74, 6) is 0. The first-order valence-electron chi connectivity index (χ1n) is 5.81. The Labute approximate surface area is 102 Å². The minimum absolute atomic E-state index is 0.0497. The average molecular weight is 229 g/mol. The van der Waals surface area contributed by atoms with E-state index in [0.29, 0.717) is 0 Å². The van der Waals surface area contributed by atoms with Crippen molar-refractivity contribution < 1.29 is 0 Å². The molecule has 3 nitrogen and oxygen atoms in total. The molecule has 0 aliphatic rings. The molecule has 90 valence electrons. The lowest BCUT2D eigenvalue weighted by atomic mass is 10.0. The third-order valence-electron chi connectivity index (χ3n) is 2.80. The summed E-state index contributed by atoms with van der Waals surface area (Å²) in [6.07, 6.45) is 1.90. The summed E-state index contributed by atoms with van der Waals surface area (Å²) >= 11 is 0. The van der Waals surface area contributed by atoms with E-state index >= 15 is 0 Å². The fourth-order valence-electron chi connectivity index (χ4n) is 1.98. The van der Waals surface area contributed by atoms with Gasteiger partial charge >= 0.3 is 0 Å². The summed E-state index contributed by atoms with van der Waals surface area (Å²) in [7, 11) is 0. The van der Waals surface area contributed by atoms with Crippen LogP contribution in [0, 0.1) is 6.92 Å². The smallest absolute Gasteiger partial charge is 0.0738 e. The number of nitrogen functional groups attached to an aromatic ring is 1. The van der Waals surface area contributed by atoms with E-state index in [1.807, 2.05) is 35.1 Å². The molecule has 1 aromatic carbocycles. The van der Waals surface area contributed by atoms with Gasteiger partial charge in [0.2, 0.25) is 0 Å². The van der Waals surface area contributed by atoms with Crippen molar-refractivity contribution in [3.05, 3.63) is 36.0 Å². The molecule has 0 spiro atoms. The van der Waals surface area contributed by atoms with E-state index in [0.717, 1.165) is 22.5 Å². The van der Waals surface area contributed by atoms with E-state index in [9.17, 15) is 0 Å². The van der Waals surface area contributed by atoms with E-state index in [-0.39, 0.29) is 5.54 Å². The number of nitrogens with zero attached hydrogens (tertiary/aromatic N) is 2. The molecule has 0 saturated heterocycles. The molecule has 3 heteroatoms. The Bertz CT molecular complexity index is 533. The molecule has 0 bridgehead atoms. The van der Waals surface area contributed by atoms with Gasteiger partial charge in [0.1, 0.15) is 0 Å². The number of hydrogen-bond donors (Lipinski definition) is 1. The van der Waals surface area contributed by atoms with Gasteiger partial charge in [-0.2, -0.15) is 5.10 Å². The molecule has 0 amide bonds. The summed E-state index contributed by atoms with van der Waals surface area (Å²) in [4.78, 5) is 0. The maximum atomic E-state index is 6.05. The van der Waals surface area contributed by atoms with Gasteiger partial charge in [-0.25, -0.2) is 0 Å². The summed E-state index contributed by atoms with van der Waals surface area (Å²) in [6.45, 7) is 8.49. The molecular weight excluding hydrogens is 210 g/mol. The number of para-hydroxylation sites is 1.